The molecule has 146 valence electrons. The van der Waals surface area contributed by atoms with Crippen LogP contribution >= 0.6 is 0 Å². The first-order chi connectivity index (χ1) is 13.6. The summed E-state index contributed by atoms with van der Waals surface area (Å²) < 4.78 is 26.5. The minimum absolute atomic E-state index is 0.0463. The smallest absolute Gasteiger partial charge is 0.344 e. The summed E-state index contributed by atoms with van der Waals surface area (Å²) in [7, 11) is 3.13. The van der Waals surface area contributed by atoms with Crippen molar-refractivity contribution in [3.63, 3.8) is 0 Å². The van der Waals surface area contributed by atoms with Crippen molar-refractivity contribution in [2.75, 3.05) is 20.8 Å². The van der Waals surface area contributed by atoms with E-state index in [0.717, 1.165) is 11.1 Å². The predicted octanol–water partition coefficient (Wildman–Crippen LogP) is 3.79. The van der Waals surface area contributed by atoms with Crippen LogP contribution in [0.3, 0.4) is 0 Å². The fourth-order valence-electron chi connectivity index (χ4n) is 2.59. The van der Waals surface area contributed by atoms with E-state index in [0.29, 0.717) is 28.7 Å². The zero-order chi connectivity index (χ0) is 19.9. The quantitative estimate of drug-likeness (QED) is 0.548. The third-order valence-corrected chi connectivity index (χ3v) is 3.98. The fraction of sp³-hybridized carbons (Fsp3) is 0.238. The van der Waals surface area contributed by atoms with Crippen LogP contribution in [0.5, 0.6) is 17.2 Å². The first-order valence-electron chi connectivity index (χ1n) is 8.62. The van der Waals surface area contributed by atoms with Crippen molar-refractivity contribution in [2.45, 2.75) is 13.5 Å². The van der Waals surface area contributed by atoms with E-state index in [4.69, 9.17) is 23.5 Å². The Labute approximate surface area is 162 Å². The summed E-state index contributed by atoms with van der Waals surface area (Å²) in [6.07, 6.45) is 0. The number of carbonyl (C=O) groups excluding carboxylic acids is 1. The highest BCUT2D eigenvalue weighted by Crippen LogP contribution is 2.29. The normalized spacial score (nSPS) is 10.4. The Bertz CT molecular complexity index is 950. The predicted molar refractivity (Wildman–Crippen MR) is 102 cm³/mol. The molecular formula is C21H21NO6. The molecule has 28 heavy (non-hydrogen) atoms. The van der Waals surface area contributed by atoms with Crippen LogP contribution in [0.2, 0.25) is 0 Å². The lowest BCUT2D eigenvalue weighted by Crippen LogP contribution is -2.15. The molecule has 0 saturated carbocycles. The summed E-state index contributed by atoms with van der Waals surface area (Å²) in [5.41, 5.74) is 2.42. The fourth-order valence-corrected chi connectivity index (χ4v) is 2.59. The van der Waals surface area contributed by atoms with Crippen molar-refractivity contribution in [1.29, 1.82) is 0 Å². The molecule has 0 fully saturated rings. The first kappa shape index (κ1) is 19.3. The Morgan fingerprint density at radius 1 is 1.00 bits per heavy atom. The molecule has 0 spiro atoms. The number of aromatic nitrogens is 1. The van der Waals surface area contributed by atoms with Crippen LogP contribution in [0.1, 0.15) is 11.3 Å². The topological polar surface area (TPSA) is 80.0 Å². The second kappa shape index (κ2) is 8.94. The molecule has 0 amide bonds. The number of hydrogen-bond donors (Lipinski definition) is 0. The van der Waals surface area contributed by atoms with E-state index in [1.807, 2.05) is 43.3 Å². The Kier molecular flexibility index (Phi) is 6.16. The zero-order valence-corrected chi connectivity index (χ0v) is 15.9. The van der Waals surface area contributed by atoms with Gasteiger partial charge in [-0.15, -0.1) is 0 Å². The highest BCUT2D eigenvalue weighted by molar-refractivity contribution is 5.71. The van der Waals surface area contributed by atoms with Crippen molar-refractivity contribution in [2.24, 2.45) is 0 Å². The van der Waals surface area contributed by atoms with E-state index in [2.05, 4.69) is 5.16 Å². The minimum Gasteiger partial charge on any atom is -0.496 e. The van der Waals surface area contributed by atoms with Gasteiger partial charge in [0.1, 0.15) is 11.4 Å². The molecule has 0 aliphatic rings. The lowest BCUT2D eigenvalue weighted by atomic mass is 10.1. The van der Waals surface area contributed by atoms with E-state index in [9.17, 15) is 4.79 Å². The van der Waals surface area contributed by atoms with Crippen LogP contribution in [-0.4, -0.2) is 32.0 Å². The number of methoxy groups -OCH3 is 2. The molecule has 7 heteroatoms. The van der Waals surface area contributed by atoms with Gasteiger partial charge < -0.3 is 23.5 Å². The first-order valence-corrected chi connectivity index (χ1v) is 8.62. The average molecular weight is 383 g/mol. The molecular weight excluding hydrogens is 362 g/mol. The van der Waals surface area contributed by atoms with E-state index < -0.39 is 5.97 Å². The van der Waals surface area contributed by atoms with Crippen molar-refractivity contribution >= 4 is 5.97 Å². The molecule has 0 N–H and O–H groups in total. The summed E-state index contributed by atoms with van der Waals surface area (Å²) in [4.78, 5) is 12.0. The molecule has 0 aliphatic carbocycles. The zero-order valence-electron chi connectivity index (χ0n) is 15.9. The van der Waals surface area contributed by atoms with Crippen molar-refractivity contribution in [3.05, 3.63) is 59.9 Å². The number of para-hydroxylation sites is 1. The van der Waals surface area contributed by atoms with Crippen LogP contribution in [-0.2, 0) is 16.1 Å². The molecule has 0 bridgehead atoms. The van der Waals surface area contributed by atoms with Gasteiger partial charge in [0, 0.05) is 11.6 Å². The Morgan fingerprint density at radius 2 is 1.79 bits per heavy atom. The Hall–Kier alpha value is -3.48. The van der Waals surface area contributed by atoms with E-state index in [-0.39, 0.29) is 13.2 Å². The number of benzene rings is 2. The number of rotatable bonds is 8. The molecule has 3 rings (SSSR count). The molecule has 2 aromatic carbocycles. The molecule has 3 aromatic rings. The number of esters is 1. The SMILES string of the molecule is COc1cc(C)ccc1OCC(=O)OCc1cc(-c2ccccc2OC)no1. The van der Waals surface area contributed by atoms with E-state index in [1.54, 1.807) is 26.4 Å². The number of nitrogens with zero attached hydrogens (tertiary/aromatic N) is 1. The van der Waals surface area contributed by atoms with Gasteiger partial charge in [0.15, 0.2) is 30.5 Å². The molecule has 1 aromatic heterocycles. The highest BCUT2D eigenvalue weighted by atomic mass is 16.6. The molecule has 1 heterocycles. The molecule has 0 radical (unpaired) electrons. The standard InChI is InChI=1S/C21H21NO6/c1-14-8-9-19(20(10-14)25-3)26-13-21(23)27-12-15-11-17(22-28-15)16-6-4-5-7-18(16)24-2/h4-11H,12-13H2,1-3H3. The van der Waals surface area contributed by atoms with Crippen LogP contribution in [0.15, 0.2) is 53.1 Å². The number of carbonyl (C=O) groups is 1. The molecule has 0 unspecified atom stereocenters. The van der Waals surface area contributed by atoms with Gasteiger partial charge >= 0.3 is 5.97 Å². The largest absolute Gasteiger partial charge is 0.496 e. The van der Waals surface area contributed by atoms with Crippen LogP contribution in [0, 0.1) is 6.92 Å². The van der Waals surface area contributed by atoms with Gasteiger partial charge in [0.05, 0.1) is 14.2 Å². The third-order valence-electron chi connectivity index (χ3n) is 3.98. The number of aryl methyl sites for hydroxylation is 1. The van der Waals surface area contributed by atoms with Gasteiger partial charge in [-0.05, 0) is 36.8 Å². The summed E-state index contributed by atoms with van der Waals surface area (Å²) in [5, 5.41) is 4.00. The van der Waals surface area contributed by atoms with Crippen molar-refractivity contribution < 1.29 is 28.3 Å². The minimum atomic E-state index is -0.530. The van der Waals surface area contributed by atoms with Crippen LogP contribution in [0.25, 0.3) is 11.3 Å². The van der Waals surface area contributed by atoms with E-state index >= 15 is 0 Å². The van der Waals surface area contributed by atoms with Crippen molar-refractivity contribution in [3.8, 4) is 28.5 Å². The van der Waals surface area contributed by atoms with Gasteiger partial charge in [-0.2, -0.15) is 0 Å². The van der Waals surface area contributed by atoms with Gasteiger partial charge in [-0.3, -0.25) is 0 Å². The van der Waals surface area contributed by atoms with Gasteiger partial charge in [-0.1, -0.05) is 23.4 Å². The van der Waals surface area contributed by atoms with Crippen molar-refractivity contribution in [1.82, 2.24) is 5.16 Å². The van der Waals surface area contributed by atoms with E-state index in [1.165, 1.54) is 0 Å². The Balaban J connectivity index is 1.55. The summed E-state index contributed by atoms with van der Waals surface area (Å²) >= 11 is 0. The third kappa shape index (κ3) is 4.62. The monoisotopic (exact) mass is 383 g/mol. The molecule has 0 atom stereocenters. The summed E-state index contributed by atoms with van der Waals surface area (Å²) in [5.74, 6) is 1.60. The van der Waals surface area contributed by atoms with Gasteiger partial charge in [0.25, 0.3) is 0 Å². The highest BCUT2D eigenvalue weighted by Gasteiger charge is 2.13. The average Bonchev–Trinajstić information content (AvgIpc) is 3.20. The number of hydrogen-bond acceptors (Lipinski definition) is 7. The maximum absolute atomic E-state index is 12.0. The summed E-state index contributed by atoms with van der Waals surface area (Å²) in [6.45, 7) is 1.65. The second-order valence-electron chi connectivity index (χ2n) is 5.98. The molecule has 7 nitrogen and oxygen atoms in total. The Morgan fingerprint density at radius 3 is 2.57 bits per heavy atom. The van der Waals surface area contributed by atoms with Crippen LogP contribution < -0.4 is 14.2 Å². The lowest BCUT2D eigenvalue weighted by Gasteiger charge is -2.10. The maximum atomic E-state index is 12.0. The second-order valence-corrected chi connectivity index (χ2v) is 5.98. The maximum Gasteiger partial charge on any atom is 0.344 e. The summed E-state index contributed by atoms with van der Waals surface area (Å²) in [6, 6.07) is 14.6. The molecule has 0 aliphatic heterocycles. The van der Waals surface area contributed by atoms with Crippen LogP contribution in [0.4, 0.5) is 0 Å². The van der Waals surface area contributed by atoms with Gasteiger partial charge in [0.2, 0.25) is 0 Å². The molecule has 0 saturated heterocycles. The number of ether oxygens (including phenoxy) is 4. The van der Waals surface area contributed by atoms with Gasteiger partial charge in [-0.25, -0.2) is 4.79 Å². The lowest BCUT2D eigenvalue weighted by molar-refractivity contribution is -0.148.